The standard InChI is InChI=1S/C8H15N3/c1-4-11-6-5-8(9-11)7-10(2)3/h5-6H,4,7H2,1-3H3. The predicted molar refractivity (Wildman–Crippen MR) is 45.3 cm³/mol. The van der Waals surface area contributed by atoms with Gasteiger partial charge in [0.05, 0.1) is 5.69 Å². The third-order valence-corrected chi connectivity index (χ3v) is 1.50. The van der Waals surface area contributed by atoms with E-state index >= 15 is 0 Å². The molecule has 3 heteroatoms. The Kier molecular flexibility index (Phi) is 2.65. The zero-order chi connectivity index (χ0) is 8.27. The second-order valence-corrected chi connectivity index (χ2v) is 2.90. The van der Waals surface area contributed by atoms with Crippen molar-refractivity contribution in [3.8, 4) is 0 Å². The molecule has 0 atom stereocenters. The van der Waals surface area contributed by atoms with Crippen molar-refractivity contribution in [3.63, 3.8) is 0 Å². The van der Waals surface area contributed by atoms with Crippen LogP contribution in [0.2, 0.25) is 0 Å². The first-order valence-corrected chi connectivity index (χ1v) is 3.89. The van der Waals surface area contributed by atoms with Crippen LogP contribution in [0.4, 0.5) is 0 Å². The Morgan fingerprint density at radius 3 is 2.73 bits per heavy atom. The number of hydrogen-bond acceptors (Lipinski definition) is 2. The first kappa shape index (κ1) is 8.27. The molecule has 62 valence electrons. The Hall–Kier alpha value is -0.830. The Labute approximate surface area is 67.6 Å². The largest absolute Gasteiger partial charge is 0.304 e. The van der Waals surface area contributed by atoms with Crippen LogP contribution in [0.3, 0.4) is 0 Å². The van der Waals surface area contributed by atoms with Crippen molar-refractivity contribution in [2.45, 2.75) is 20.0 Å². The number of rotatable bonds is 3. The molecule has 0 bridgehead atoms. The van der Waals surface area contributed by atoms with Gasteiger partial charge in [-0.25, -0.2) is 0 Å². The molecule has 0 aliphatic heterocycles. The maximum absolute atomic E-state index is 4.34. The van der Waals surface area contributed by atoms with Gasteiger partial charge in [-0.15, -0.1) is 0 Å². The number of hydrogen-bond donors (Lipinski definition) is 0. The van der Waals surface area contributed by atoms with Crippen LogP contribution in [0.5, 0.6) is 0 Å². The van der Waals surface area contributed by atoms with E-state index in [1.807, 2.05) is 25.0 Å². The molecule has 11 heavy (non-hydrogen) atoms. The van der Waals surface area contributed by atoms with Crippen molar-refractivity contribution < 1.29 is 0 Å². The van der Waals surface area contributed by atoms with Gasteiger partial charge < -0.3 is 4.90 Å². The molecule has 0 N–H and O–H groups in total. The Bertz CT molecular complexity index is 215. The minimum absolute atomic E-state index is 0.924. The van der Waals surface area contributed by atoms with Crippen LogP contribution in [0.15, 0.2) is 12.3 Å². The summed E-state index contributed by atoms with van der Waals surface area (Å²) in [5.41, 5.74) is 1.14. The highest BCUT2D eigenvalue weighted by Crippen LogP contribution is 1.97. The molecule has 0 aliphatic rings. The van der Waals surface area contributed by atoms with E-state index in [1.54, 1.807) is 0 Å². The van der Waals surface area contributed by atoms with E-state index in [4.69, 9.17) is 0 Å². The van der Waals surface area contributed by atoms with Crippen LogP contribution in [-0.4, -0.2) is 28.8 Å². The van der Waals surface area contributed by atoms with Gasteiger partial charge in [-0.1, -0.05) is 0 Å². The molecular weight excluding hydrogens is 138 g/mol. The molecule has 1 rings (SSSR count). The molecule has 0 radical (unpaired) electrons. The van der Waals surface area contributed by atoms with Gasteiger partial charge in [0, 0.05) is 19.3 Å². The molecule has 0 amide bonds. The minimum atomic E-state index is 0.924. The molecule has 1 aromatic heterocycles. The average Bonchev–Trinajstić information content (AvgIpc) is 2.34. The predicted octanol–water partition coefficient (Wildman–Crippen LogP) is 0.965. The van der Waals surface area contributed by atoms with E-state index in [9.17, 15) is 0 Å². The maximum Gasteiger partial charge on any atom is 0.0764 e. The van der Waals surface area contributed by atoms with Crippen molar-refractivity contribution in [1.82, 2.24) is 14.7 Å². The molecule has 0 spiro atoms. The van der Waals surface area contributed by atoms with E-state index < -0.39 is 0 Å². The first-order chi connectivity index (χ1) is 5.22. The van der Waals surface area contributed by atoms with Crippen LogP contribution < -0.4 is 0 Å². The normalized spacial score (nSPS) is 10.9. The number of nitrogens with zero attached hydrogens (tertiary/aromatic N) is 3. The highest BCUT2D eigenvalue weighted by atomic mass is 15.3. The lowest BCUT2D eigenvalue weighted by molar-refractivity contribution is 0.394. The van der Waals surface area contributed by atoms with Gasteiger partial charge in [-0.3, -0.25) is 4.68 Å². The van der Waals surface area contributed by atoms with Crippen LogP contribution in [0.25, 0.3) is 0 Å². The summed E-state index contributed by atoms with van der Waals surface area (Å²) in [5.74, 6) is 0. The topological polar surface area (TPSA) is 21.1 Å². The quantitative estimate of drug-likeness (QED) is 0.645. The Morgan fingerprint density at radius 2 is 2.27 bits per heavy atom. The molecule has 0 fully saturated rings. The first-order valence-electron chi connectivity index (χ1n) is 3.89. The third kappa shape index (κ3) is 2.35. The fourth-order valence-corrected chi connectivity index (χ4v) is 0.988. The van der Waals surface area contributed by atoms with Gasteiger partial charge in [-0.05, 0) is 27.1 Å². The molecule has 0 saturated carbocycles. The summed E-state index contributed by atoms with van der Waals surface area (Å²) in [6.07, 6.45) is 2.01. The molecule has 0 aromatic carbocycles. The summed E-state index contributed by atoms with van der Waals surface area (Å²) in [4.78, 5) is 2.11. The van der Waals surface area contributed by atoms with E-state index in [1.165, 1.54) is 0 Å². The molecule has 3 nitrogen and oxygen atoms in total. The molecule has 0 saturated heterocycles. The second kappa shape index (κ2) is 3.53. The third-order valence-electron chi connectivity index (χ3n) is 1.50. The van der Waals surface area contributed by atoms with Gasteiger partial charge in [-0.2, -0.15) is 5.10 Å². The highest BCUT2D eigenvalue weighted by molar-refractivity contribution is 4.98. The van der Waals surface area contributed by atoms with Crippen LogP contribution in [0, 0.1) is 0 Å². The van der Waals surface area contributed by atoms with Crippen molar-refractivity contribution in [1.29, 1.82) is 0 Å². The van der Waals surface area contributed by atoms with Crippen molar-refractivity contribution in [3.05, 3.63) is 18.0 Å². The highest BCUT2D eigenvalue weighted by Gasteiger charge is 1.97. The molecule has 0 unspecified atom stereocenters. The summed E-state index contributed by atoms with van der Waals surface area (Å²) >= 11 is 0. The zero-order valence-electron chi connectivity index (χ0n) is 7.41. The lowest BCUT2D eigenvalue weighted by Gasteiger charge is -2.05. The van der Waals surface area contributed by atoms with Crippen molar-refractivity contribution >= 4 is 0 Å². The summed E-state index contributed by atoms with van der Waals surface area (Å²) in [5, 5.41) is 4.34. The SMILES string of the molecule is CCn1ccc(CN(C)C)n1. The van der Waals surface area contributed by atoms with E-state index in [0.29, 0.717) is 0 Å². The van der Waals surface area contributed by atoms with E-state index in [0.717, 1.165) is 18.8 Å². The van der Waals surface area contributed by atoms with Crippen LogP contribution in [-0.2, 0) is 13.1 Å². The van der Waals surface area contributed by atoms with E-state index in [2.05, 4.69) is 23.0 Å². The van der Waals surface area contributed by atoms with E-state index in [-0.39, 0.29) is 0 Å². The second-order valence-electron chi connectivity index (χ2n) is 2.90. The number of aryl methyl sites for hydroxylation is 1. The molecule has 0 aliphatic carbocycles. The number of aromatic nitrogens is 2. The fourth-order valence-electron chi connectivity index (χ4n) is 0.988. The maximum atomic E-state index is 4.34. The average molecular weight is 153 g/mol. The van der Waals surface area contributed by atoms with Gasteiger partial charge in [0.1, 0.15) is 0 Å². The summed E-state index contributed by atoms with van der Waals surface area (Å²) < 4.78 is 1.94. The van der Waals surface area contributed by atoms with Crippen LogP contribution >= 0.6 is 0 Å². The zero-order valence-corrected chi connectivity index (χ0v) is 7.41. The van der Waals surface area contributed by atoms with Crippen molar-refractivity contribution in [2.24, 2.45) is 0 Å². The van der Waals surface area contributed by atoms with Gasteiger partial charge in [0.15, 0.2) is 0 Å². The van der Waals surface area contributed by atoms with Crippen LogP contribution in [0.1, 0.15) is 12.6 Å². The minimum Gasteiger partial charge on any atom is -0.304 e. The summed E-state index contributed by atoms with van der Waals surface area (Å²) in [6, 6.07) is 2.06. The van der Waals surface area contributed by atoms with Gasteiger partial charge >= 0.3 is 0 Å². The summed E-state index contributed by atoms with van der Waals surface area (Å²) in [7, 11) is 4.09. The van der Waals surface area contributed by atoms with Gasteiger partial charge in [0.2, 0.25) is 0 Å². The lowest BCUT2D eigenvalue weighted by Crippen LogP contribution is -2.11. The van der Waals surface area contributed by atoms with Crippen molar-refractivity contribution in [2.75, 3.05) is 14.1 Å². The summed E-state index contributed by atoms with van der Waals surface area (Å²) in [6.45, 7) is 3.97. The lowest BCUT2D eigenvalue weighted by atomic mass is 10.4. The monoisotopic (exact) mass is 153 g/mol. The van der Waals surface area contributed by atoms with Gasteiger partial charge in [0.25, 0.3) is 0 Å². The Balaban J connectivity index is 2.58. The molecular formula is C8H15N3. The molecule has 1 aromatic rings. The molecule has 1 heterocycles. The smallest absolute Gasteiger partial charge is 0.0764 e. The Morgan fingerprint density at radius 1 is 1.55 bits per heavy atom. The fraction of sp³-hybridized carbons (Fsp3) is 0.625.